The molecule has 0 aliphatic carbocycles. The summed E-state index contributed by atoms with van der Waals surface area (Å²) in [6.07, 6.45) is 2.01. The summed E-state index contributed by atoms with van der Waals surface area (Å²) in [5.41, 5.74) is 6.04. The number of nitrogen functional groups attached to an aromatic ring is 1. The number of nitrogens with two attached hydrogens (primary N) is 1. The van der Waals surface area contributed by atoms with E-state index in [-0.39, 0.29) is 11.9 Å². The lowest BCUT2D eigenvalue weighted by molar-refractivity contribution is 0.0513. The summed E-state index contributed by atoms with van der Waals surface area (Å²) in [6.45, 7) is 3.54. The number of carbonyl (C=O) groups excluding carboxylic acids is 1. The van der Waals surface area contributed by atoms with Crippen molar-refractivity contribution in [1.29, 1.82) is 0 Å². The zero-order valence-corrected chi connectivity index (χ0v) is 10.6. The molecule has 94 valence electrons. The predicted molar refractivity (Wildman–Crippen MR) is 65.3 cm³/mol. The molecule has 0 spiro atoms. The third-order valence-electron chi connectivity index (χ3n) is 2.67. The van der Waals surface area contributed by atoms with E-state index in [1.165, 1.54) is 11.3 Å². The summed E-state index contributed by atoms with van der Waals surface area (Å²) in [7, 11) is 0. The number of aromatic nitrogens is 1. The van der Waals surface area contributed by atoms with Gasteiger partial charge in [-0.2, -0.15) is 0 Å². The van der Waals surface area contributed by atoms with Gasteiger partial charge in [0, 0.05) is 17.4 Å². The molecule has 2 heterocycles. The van der Waals surface area contributed by atoms with Gasteiger partial charge >= 0.3 is 5.97 Å². The zero-order valence-electron chi connectivity index (χ0n) is 9.77. The molecule has 1 unspecified atom stereocenters. The van der Waals surface area contributed by atoms with Gasteiger partial charge in [0.15, 0.2) is 10.8 Å². The Balaban J connectivity index is 2.22. The first-order valence-electron chi connectivity index (χ1n) is 5.73. The quantitative estimate of drug-likeness (QED) is 0.835. The maximum atomic E-state index is 11.7. The molecule has 0 aromatic carbocycles. The third-order valence-corrected chi connectivity index (χ3v) is 3.72. The minimum atomic E-state index is -0.388. The van der Waals surface area contributed by atoms with Crippen LogP contribution < -0.4 is 5.73 Å². The van der Waals surface area contributed by atoms with Crippen molar-refractivity contribution < 1.29 is 14.3 Å². The molecule has 5 nitrogen and oxygen atoms in total. The minimum Gasteiger partial charge on any atom is -0.461 e. The van der Waals surface area contributed by atoms with Gasteiger partial charge in [-0.1, -0.05) is 0 Å². The van der Waals surface area contributed by atoms with E-state index in [1.54, 1.807) is 6.92 Å². The second-order valence-corrected chi connectivity index (χ2v) is 4.96. The topological polar surface area (TPSA) is 74.4 Å². The Kier molecular flexibility index (Phi) is 3.96. The second kappa shape index (κ2) is 5.46. The van der Waals surface area contributed by atoms with E-state index >= 15 is 0 Å². The Morgan fingerprint density at radius 1 is 1.71 bits per heavy atom. The van der Waals surface area contributed by atoms with Crippen molar-refractivity contribution in [2.24, 2.45) is 0 Å². The van der Waals surface area contributed by atoms with Gasteiger partial charge in [0.1, 0.15) is 0 Å². The molecule has 1 aliphatic rings. The van der Waals surface area contributed by atoms with Crippen molar-refractivity contribution in [2.75, 3.05) is 25.6 Å². The molecule has 1 aromatic heterocycles. The number of esters is 1. The van der Waals surface area contributed by atoms with Crippen molar-refractivity contribution >= 4 is 22.4 Å². The molecule has 17 heavy (non-hydrogen) atoms. The number of hydrogen-bond acceptors (Lipinski definition) is 6. The first kappa shape index (κ1) is 12.3. The number of rotatable bonds is 3. The average molecular weight is 256 g/mol. The highest BCUT2D eigenvalue weighted by atomic mass is 32.1. The fourth-order valence-electron chi connectivity index (χ4n) is 1.92. The summed E-state index contributed by atoms with van der Waals surface area (Å²) < 4.78 is 10.4. The molecule has 2 N–H and O–H groups in total. The molecule has 1 fully saturated rings. The number of thiazole rings is 1. The van der Waals surface area contributed by atoms with Gasteiger partial charge in [0.2, 0.25) is 0 Å². The Bertz CT molecular complexity index is 399. The minimum absolute atomic E-state index is 0.220. The maximum absolute atomic E-state index is 11.7. The van der Waals surface area contributed by atoms with Gasteiger partial charge < -0.3 is 15.2 Å². The van der Waals surface area contributed by atoms with Crippen molar-refractivity contribution in [2.45, 2.75) is 25.7 Å². The molecular weight excluding hydrogens is 240 g/mol. The van der Waals surface area contributed by atoms with E-state index in [0.717, 1.165) is 24.3 Å². The van der Waals surface area contributed by atoms with Crippen LogP contribution in [0.4, 0.5) is 5.13 Å². The number of anilines is 1. The van der Waals surface area contributed by atoms with Crippen molar-refractivity contribution in [3.63, 3.8) is 0 Å². The monoisotopic (exact) mass is 256 g/mol. The van der Waals surface area contributed by atoms with Crippen LogP contribution in [0.3, 0.4) is 0 Å². The van der Waals surface area contributed by atoms with Gasteiger partial charge in [-0.25, -0.2) is 9.78 Å². The number of carbonyl (C=O) groups is 1. The van der Waals surface area contributed by atoms with Crippen molar-refractivity contribution in [1.82, 2.24) is 4.98 Å². The summed E-state index contributed by atoms with van der Waals surface area (Å²) >= 11 is 1.36. The van der Waals surface area contributed by atoms with E-state index in [9.17, 15) is 4.79 Å². The highest BCUT2D eigenvalue weighted by Gasteiger charge is 2.26. The summed E-state index contributed by atoms with van der Waals surface area (Å²) in [6, 6.07) is 0. The molecule has 1 aliphatic heterocycles. The summed E-state index contributed by atoms with van der Waals surface area (Å²) in [5, 5.41) is 0.411. The lowest BCUT2D eigenvalue weighted by Crippen LogP contribution is -2.17. The normalized spacial score (nSPS) is 20.2. The molecule has 0 bridgehead atoms. The van der Waals surface area contributed by atoms with Crippen LogP contribution in [0.1, 0.15) is 41.0 Å². The largest absolute Gasteiger partial charge is 0.461 e. The molecule has 0 amide bonds. The van der Waals surface area contributed by atoms with Gasteiger partial charge in [0.25, 0.3) is 0 Å². The van der Waals surface area contributed by atoms with E-state index in [2.05, 4.69) is 4.98 Å². The Labute approximate surface area is 104 Å². The van der Waals surface area contributed by atoms with E-state index in [4.69, 9.17) is 15.2 Å². The summed E-state index contributed by atoms with van der Waals surface area (Å²) in [5.74, 6) is -0.168. The lowest BCUT2D eigenvalue weighted by Gasteiger charge is -2.21. The highest BCUT2D eigenvalue weighted by molar-refractivity contribution is 7.15. The number of nitrogens with zero attached hydrogens (tertiary/aromatic N) is 1. The standard InChI is InChI=1S/C11H16N2O3S/c1-2-16-10(14)8-9(17-11(12)13-8)7-4-3-5-15-6-7/h7H,2-6H2,1H3,(H2,12,13). The van der Waals surface area contributed by atoms with Crippen molar-refractivity contribution in [3.05, 3.63) is 10.6 Å². The number of ether oxygens (including phenoxy) is 2. The highest BCUT2D eigenvalue weighted by Crippen LogP contribution is 2.34. The van der Waals surface area contributed by atoms with Crippen LogP contribution in [0.5, 0.6) is 0 Å². The molecular formula is C11H16N2O3S. The molecule has 1 aromatic rings. The average Bonchev–Trinajstić information content (AvgIpc) is 2.73. The fourth-order valence-corrected chi connectivity index (χ4v) is 2.86. The molecule has 6 heteroatoms. The van der Waals surface area contributed by atoms with Crippen LogP contribution in [0.2, 0.25) is 0 Å². The van der Waals surface area contributed by atoms with E-state index < -0.39 is 0 Å². The van der Waals surface area contributed by atoms with E-state index in [0.29, 0.717) is 24.0 Å². The maximum Gasteiger partial charge on any atom is 0.358 e. The fraction of sp³-hybridized carbons (Fsp3) is 0.636. The number of hydrogen-bond donors (Lipinski definition) is 1. The second-order valence-electron chi connectivity index (χ2n) is 3.90. The van der Waals surface area contributed by atoms with Gasteiger partial charge in [-0.3, -0.25) is 0 Å². The van der Waals surface area contributed by atoms with Crippen LogP contribution in [-0.4, -0.2) is 30.8 Å². The zero-order chi connectivity index (χ0) is 12.3. The SMILES string of the molecule is CCOC(=O)c1nc(N)sc1C1CCCOC1. The van der Waals surface area contributed by atoms with Crippen molar-refractivity contribution in [3.8, 4) is 0 Å². The molecule has 0 radical (unpaired) electrons. The molecule has 1 saturated heterocycles. The van der Waals surface area contributed by atoms with Gasteiger partial charge in [-0.05, 0) is 19.8 Å². The van der Waals surface area contributed by atoms with Crippen LogP contribution in [-0.2, 0) is 9.47 Å². The van der Waals surface area contributed by atoms with Crippen LogP contribution in [0, 0.1) is 0 Å². The molecule has 1 atom stereocenters. The molecule has 2 rings (SSSR count). The van der Waals surface area contributed by atoms with Crippen LogP contribution in [0.25, 0.3) is 0 Å². The summed E-state index contributed by atoms with van der Waals surface area (Å²) in [4.78, 5) is 16.7. The van der Waals surface area contributed by atoms with Gasteiger partial charge in [-0.15, -0.1) is 11.3 Å². The smallest absolute Gasteiger partial charge is 0.358 e. The Morgan fingerprint density at radius 2 is 2.53 bits per heavy atom. The first-order valence-corrected chi connectivity index (χ1v) is 6.55. The first-order chi connectivity index (χ1) is 8.22. The third kappa shape index (κ3) is 2.76. The Hall–Kier alpha value is -1.14. The predicted octanol–water partition coefficient (Wildman–Crippen LogP) is 1.80. The van der Waals surface area contributed by atoms with Crippen LogP contribution in [0.15, 0.2) is 0 Å². The Morgan fingerprint density at radius 3 is 3.18 bits per heavy atom. The van der Waals surface area contributed by atoms with Crippen LogP contribution >= 0.6 is 11.3 Å². The van der Waals surface area contributed by atoms with E-state index in [1.807, 2.05) is 0 Å². The lowest BCUT2D eigenvalue weighted by atomic mass is 9.99. The van der Waals surface area contributed by atoms with Gasteiger partial charge in [0.05, 0.1) is 13.2 Å². The molecule has 0 saturated carbocycles.